The summed E-state index contributed by atoms with van der Waals surface area (Å²) in [6, 6.07) is 22.3. The maximum atomic E-state index is 13.8. The molecule has 8 aromatic heterocycles. The van der Waals surface area contributed by atoms with E-state index in [9.17, 15) is 9.59 Å². The van der Waals surface area contributed by atoms with Gasteiger partial charge in [-0.05, 0) is 85.6 Å². The lowest BCUT2D eigenvalue weighted by Gasteiger charge is -2.37. The van der Waals surface area contributed by atoms with Crippen LogP contribution < -0.4 is 30.7 Å². The number of carbonyl (C=O) groups is 2. The van der Waals surface area contributed by atoms with Crippen LogP contribution in [0.1, 0.15) is 51.6 Å². The second-order valence-electron chi connectivity index (χ2n) is 19.8. The van der Waals surface area contributed by atoms with Crippen molar-refractivity contribution in [2.45, 2.75) is 51.6 Å². The number of anilines is 4. The van der Waals surface area contributed by atoms with Crippen LogP contribution in [0.15, 0.2) is 107 Å². The molecular formula is C56H66N18O8. The van der Waals surface area contributed by atoms with E-state index in [1.54, 1.807) is 60.4 Å². The van der Waals surface area contributed by atoms with Crippen LogP contribution in [0.4, 0.5) is 23.3 Å². The van der Waals surface area contributed by atoms with E-state index in [0.717, 1.165) is 61.9 Å². The van der Waals surface area contributed by atoms with Crippen LogP contribution in [-0.2, 0) is 19.1 Å². The van der Waals surface area contributed by atoms with Crippen LogP contribution in [0.5, 0.6) is 11.5 Å². The van der Waals surface area contributed by atoms with Gasteiger partial charge in [0.15, 0.2) is 34.1 Å². The number of piperazine rings is 2. The van der Waals surface area contributed by atoms with E-state index in [1.165, 1.54) is 9.03 Å². The number of methoxy groups -OCH3 is 2. The Morgan fingerprint density at radius 1 is 0.537 bits per heavy atom. The summed E-state index contributed by atoms with van der Waals surface area (Å²) in [7, 11) is 3.31. The molecule has 0 aliphatic carbocycles. The molecule has 10 heterocycles. The fourth-order valence-corrected chi connectivity index (χ4v) is 10.3. The lowest BCUT2D eigenvalue weighted by molar-refractivity contribution is -0.136. The average Bonchev–Trinajstić information content (AvgIpc) is 4.50. The van der Waals surface area contributed by atoms with Gasteiger partial charge in [-0.25, -0.2) is 9.97 Å². The van der Waals surface area contributed by atoms with E-state index < -0.39 is 12.1 Å². The maximum absolute atomic E-state index is 13.8. The molecule has 428 valence electrons. The number of aromatic nitrogens is 12. The van der Waals surface area contributed by atoms with E-state index in [1.807, 2.05) is 46.5 Å². The molecule has 2 aromatic carbocycles. The number of fused-ring (bicyclic) bond motifs is 6. The Balaban J connectivity index is 0.000000172. The van der Waals surface area contributed by atoms with Gasteiger partial charge in [0, 0.05) is 90.3 Å². The minimum absolute atomic E-state index is 0.0444. The zero-order valence-electron chi connectivity index (χ0n) is 46.3. The minimum Gasteiger partial charge on any atom is -0.491 e. The molecule has 2 saturated heterocycles. The predicted molar refractivity (Wildman–Crippen MR) is 305 cm³/mol. The first-order chi connectivity index (χ1) is 40.1. The largest absolute Gasteiger partial charge is 0.491 e. The normalized spacial score (nSPS) is 14.7. The van der Waals surface area contributed by atoms with Gasteiger partial charge >= 0.3 is 0 Å². The third kappa shape index (κ3) is 11.5. The van der Waals surface area contributed by atoms with Crippen LogP contribution in [0, 0.1) is 0 Å². The zero-order chi connectivity index (χ0) is 56.7. The van der Waals surface area contributed by atoms with E-state index in [2.05, 4.69) is 88.2 Å². The molecule has 26 heteroatoms. The summed E-state index contributed by atoms with van der Waals surface area (Å²) in [5.41, 5.74) is 16.4. The summed E-state index contributed by atoms with van der Waals surface area (Å²) in [6.45, 7) is 11.7. The average molecular weight is 1120 g/mol. The fraction of sp³-hybridized carbons (Fsp3) is 0.393. The topological polar surface area (TPSA) is 284 Å². The van der Waals surface area contributed by atoms with Gasteiger partial charge in [0.25, 0.3) is 0 Å². The molecule has 2 aliphatic rings. The lowest BCUT2D eigenvalue weighted by Crippen LogP contribution is -2.50. The van der Waals surface area contributed by atoms with Crippen molar-refractivity contribution in [1.29, 1.82) is 0 Å². The Bertz CT molecular complexity index is 3480. The first kappa shape index (κ1) is 54.6. The molecule has 0 unspecified atom stereocenters. The molecular weight excluding hydrogens is 1050 g/mol. The van der Waals surface area contributed by atoms with Crippen molar-refractivity contribution in [1.82, 2.24) is 68.5 Å². The van der Waals surface area contributed by atoms with Gasteiger partial charge in [-0.3, -0.25) is 19.0 Å². The first-order valence-electron chi connectivity index (χ1n) is 27.5. The fourth-order valence-electron chi connectivity index (χ4n) is 10.3. The molecule has 0 radical (unpaired) electrons. The monoisotopic (exact) mass is 1120 g/mol. The van der Waals surface area contributed by atoms with Crippen LogP contribution in [0.25, 0.3) is 56.5 Å². The number of rotatable bonds is 20. The van der Waals surface area contributed by atoms with Gasteiger partial charge < -0.3 is 58.8 Å². The summed E-state index contributed by atoms with van der Waals surface area (Å²) in [5, 5.41) is 19.6. The smallest absolute Gasteiger partial charge is 0.247 e. The number of furan rings is 2. The molecule has 2 aliphatic heterocycles. The van der Waals surface area contributed by atoms with Gasteiger partial charge in [0.05, 0.1) is 36.5 Å². The van der Waals surface area contributed by atoms with Gasteiger partial charge in [-0.15, -0.1) is 10.2 Å². The highest BCUT2D eigenvalue weighted by Gasteiger charge is 2.32. The molecule has 2 amide bonds. The van der Waals surface area contributed by atoms with Crippen molar-refractivity contribution in [3.05, 3.63) is 97.7 Å². The zero-order valence-corrected chi connectivity index (χ0v) is 46.3. The highest BCUT2D eigenvalue weighted by Crippen LogP contribution is 2.30. The number of nitrogens with zero attached hydrogens (tertiary/aromatic N) is 16. The van der Waals surface area contributed by atoms with Crippen molar-refractivity contribution in [3.63, 3.8) is 0 Å². The van der Waals surface area contributed by atoms with Crippen LogP contribution in [0.3, 0.4) is 0 Å². The van der Waals surface area contributed by atoms with Gasteiger partial charge in [0.1, 0.15) is 36.8 Å². The summed E-state index contributed by atoms with van der Waals surface area (Å²) in [6.07, 6.45) is 9.71. The lowest BCUT2D eigenvalue weighted by atomic mass is 10.1. The van der Waals surface area contributed by atoms with Crippen molar-refractivity contribution in [3.8, 4) is 34.7 Å². The molecule has 2 atom stereocenters. The molecule has 12 rings (SSSR count). The molecule has 26 nitrogen and oxygen atoms in total. The Kier molecular flexibility index (Phi) is 16.4. The SMILES string of the molecule is CCC[C@@H](C(=O)N1CCN(c2ccc(OCCOC)cc2)CC1)n1cc2c(nc(N)n3nc(-c4ccco4)nc23)n1.CCC[C@H](C(=O)N1CCN(c2ccc(OCCOC)cc2)CC1)n1cc2c(nc(N)n3nc(-c4ccco4)nc23)n1. The third-order valence-electron chi connectivity index (χ3n) is 14.5. The van der Waals surface area contributed by atoms with Crippen LogP contribution in [0.2, 0.25) is 0 Å². The number of carbonyl (C=O) groups excluding carboxylic acids is 2. The molecule has 0 spiro atoms. The second kappa shape index (κ2) is 24.6. The maximum Gasteiger partial charge on any atom is 0.247 e. The number of hydrogen-bond donors (Lipinski definition) is 2. The molecule has 0 saturated carbocycles. The van der Waals surface area contributed by atoms with Gasteiger partial charge in [-0.2, -0.15) is 29.2 Å². The number of amides is 2. The molecule has 2 fully saturated rings. The van der Waals surface area contributed by atoms with Crippen LogP contribution >= 0.6 is 0 Å². The van der Waals surface area contributed by atoms with Crippen molar-refractivity contribution in [2.75, 3.05) is 114 Å². The molecule has 4 N–H and O–H groups in total. The van der Waals surface area contributed by atoms with Gasteiger partial charge in [-0.1, -0.05) is 26.7 Å². The number of benzene rings is 2. The highest BCUT2D eigenvalue weighted by molar-refractivity contribution is 5.92. The number of hydrogen-bond acceptors (Lipinski definition) is 20. The van der Waals surface area contributed by atoms with Crippen molar-refractivity contribution in [2.24, 2.45) is 0 Å². The molecule has 10 aromatic rings. The third-order valence-corrected chi connectivity index (χ3v) is 14.5. The van der Waals surface area contributed by atoms with E-state index >= 15 is 0 Å². The number of nitrogen functional groups attached to an aromatic ring is 2. The Morgan fingerprint density at radius 2 is 0.939 bits per heavy atom. The van der Waals surface area contributed by atoms with Gasteiger partial charge in [0.2, 0.25) is 35.4 Å². The first-order valence-corrected chi connectivity index (χ1v) is 27.5. The quantitative estimate of drug-likeness (QED) is 0.0820. The predicted octanol–water partition coefficient (Wildman–Crippen LogP) is 6.06. The summed E-state index contributed by atoms with van der Waals surface area (Å²) < 4.78 is 38.7. The summed E-state index contributed by atoms with van der Waals surface area (Å²) in [4.78, 5) is 54.1. The Morgan fingerprint density at radius 3 is 1.29 bits per heavy atom. The summed E-state index contributed by atoms with van der Waals surface area (Å²) in [5.74, 6) is 3.88. The molecule has 82 heavy (non-hydrogen) atoms. The van der Waals surface area contributed by atoms with Crippen molar-refractivity contribution < 1.29 is 37.4 Å². The second-order valence-corrected chi connectivity index (χ2v) is 19.8. The highest BCUT2D eigenvalue weighted by atomic mass is 16.5. The summed E-state index contributed by atoms with van der Waals surface area (Å²) >= 11 is 0. The van der Waals surface area contributed by atoms with Crippen molar-refractivity contribution >= 4 is 68.4 Å². The standard InChI is InChI=1S/2C28H33N9O4/c2*1-3-5-22(27(38)35-13-11-34(12-14-35)19-7-9-20(10-8-19)40-17-16-39-2)36-18-21-24(32-36)31-28(29)37-26(21)30-25(33-37)23-6-4-15-41-23/h2*4,6-10,15,18,22H,3,5,11-14,16-17H2,1-2H3,(H2,29,31,32)/t2*22-/m10/s1. The van der Waals surface area contributed by atoms with E-state index in [0.29, 0.717) is 122 Å². The minimum atomic E-state index is -0.460. The number of ether oxygens (including phenoxy) is 4. The van der Waals surface area contributed by atoms with E-state index in [-0.39, 0.29) is 23.7 Å². The van der Waals surface area contributed by atoms with Crippen LogP contribution in [-0.4, -0.2) is 173 Å². The number of nitrogens with two attached hydrogens (primary N) is 2. The Hall–Kier alpha value is -9.30. The Labute approximate surface area is 471 Å². The van der Waals surface area contributed by atoms with E-state index in [4.69, 9.17) is 39.2 Å². The molecule has 0 bridgehead atoms.